The van der Waals surface area contributed by atoms with Gasteiger partial charge in [-0.25, -0.2) is 0 Å². The molecular formula is C27H24ClN5O3. The van der Waals surface area contributed by atoms with Crippen molar-refractivity contribution in [2.24, 2.45) is 0 Å². The predicted octanol–water partition coefficient (Wildman–Crippen LogP) is 3.74. The normalized spacial score (nSPS) is 10.7. The number of nitrogens with one attached hydrogen (secondary N) is 1. The molecule has 4 rings (SSSR count). The Kier molecular flexibility index (Phi) is 7.95. The van der Waals surface area contributed by atoms with Gasteiger partial charge in [0, 0.05) is 37.1 Å². The van der Waals surface area contributed by atoms with Gasteiger partial charge in [0.2, 0.25) is 0 Å². The smallest absolute Gasteiger partial charge is 0.255 e. The molecule has 182 valence electrons. The van der Waals surface area contributed by atoms with Gasteiger partial charge in [-0.2, -0.15) is 10.4 Å². The maximum atomic E-state index is 12.9. The predicted molar refractivity (Wildman–Crippen MR) is 136 cm³/mol. The first kappa shape index (κ1) is 24.9. The van der Waals surface area contributed by atoms with Crippen LogP contribution in [0.3, 0.4) is 0 Å². The lowest BCUT2D eigenvalue weighted by atomic mass is 10.1. The van der Waals surface area contributed by atoms with Gasteiger partial charge in [-0.3, -0.25) is 14.3 Å². The van der Waals surface area contributed by atoms with Gasteiger partial charge in [0.05, 0.1) is 36.9 Å². The molecule has 4 aromatic rings. The van der Waals surface area contributed by atoms with Crippen molar-refractivity contribution in [3.05, 3.63) is 122 Å². The van der Waals surface area contributed by atoms with Crippen molar-refractivity contribution in [1.82, 2.24) is 19.7 Å². The molecule has 1 amide bonds. The molecule has 36 heavy (non-hydrogen) atoms. The number of ether oxygens (including phenoxy) is 1. The van der Waals surface area contributed by atoms with Crippen LogP contribution in [0.1, 0.15) is 38.3 Å². The minimum Gasteiger partial charge on any atom is -0.378 e. The molecule has 0 aliphatic carbocycles. The average Bonchev–Trinajstić information content (AvgIpc) is 3.27. The number of hydrogen-bond donors (Lipinski definition) is 1. The Hall–Kier alpha value is -4.19. The molecule has 0 aliphatic rings. The molecule has 0 radical (unpaired) electrons. The third-order valence-corrected chi connectivity index (χ3v) is 5.85. The van der Waals surface area contributed by atoms with Crippen LogP contribution >= 0.6 is 11.6 Å². The Bertz CT molecular complexity index is 1470. The van der Waals surface area contributed by atoms with Crippen LogP contribution in [-0.2, 0) is 31.0 Å². The summed E-state index contributed by atoms with van der Waals surface area (Å²) in [4.78, 5) is 24.9. The molecule has 0 saturated heterocycles. The van der Waals surface area contributed by atoms with Gasteiger partial charge >= 0.3 is 0 Å². The maximum absolute atomic E-state index is 12.9. The zero-order chi connectivity index (χ0) is 25.5. The lowest BCUT2D eigenvalue weighted by Crippen LogP contribution is -2.24. The molecule has 8 nitrogen and oxygen atoms in total. The summed E-state index contributed by atoms with van der Waals surface area (Å²) in [6, 6.07) is 20.0. The van der Waals surface area contributed by atoms with E-state index in [1.165, 1.54) is 6.07 Å². The number of hydrogen-bond acceptors (Lipinski definition) is 5. The second-order valence-electron chi connectivity index (χ2n) is 8.20. The molecular weight excluding hydrogens is 478 g/mol. The summed E-state index contributed by atoms with van der Waals surface area (Å²) in [6.45, 7) is 1.29. The lowest BCUT2D eigenvalue weighted by molar-refractivity contribution is 0.0946. The quantitative estimate of drug-likeness (QED) is 0.376. The van der Waals surface area contributed by atoms with Gasteiger partial charge < -0.3 is 14.6 Å². The molecule has 2 aromatic carbocycles. The van der Waals surface area contributed by atoms with Crippen molar-refractivity contribution < 1.29 is 9.53 Å². The van der Waals surface area contributed by atoms with E-state index in [-0.39, 0.29) is 24.6 Å². The largest absolute Gasteiger partial charge is 0.378 e. The maximum Gasteiger partial charge on any atom is 0.255 e. The van der Waals surface area contributed by atoms with E-state index in [0.29, 0.717) is 40.5 Å². The minimum atomic E-state index is -0.319. The summed E-state index contributed by atoms with van der Waals surface area (Å²) < 4.78 is 8.58. The monoisotopic (exact) mass is 501 g/mol. The van der Waals surface area contributed by atoms with E-state index >= 15 is 0 Å². The summed E-state index contributed by atoms with van der Waals surface area (Å²) in [5.41, 5.74) is 3.96. The van der Waals surface area contributed by atoms with Crippen molar-refractivity contribution in [2.75, 3.05) is 7.11 Å². The number of nitrogens with zero attached hydrogens (tertiary/aromatic N) is 4. The van der Waals surface area contributed by atoms with E-state index in [2.05, 4.69) is 16.5 Å². The third-order valence-electron chi connectivity index (χ3n) is 5.61. The minimum absolute atomic E-state index is 0.0474. The van der Waals surface area contributed by atoms with Crippen LogP contribution in [0, 0.1) is 11.3 Å². The zero-order valence-electron chi connectivity index (χ0n) is 19.6. The third kappa shape index (κ3) is 6.08. The number of benzene rings is 2. The molecule has 0 fully saturated rings. The van der Waals surface area contributed by atoms with E-state index in [0.717, 1.165) is 11.1 Å². The summed E-state index contributed by atoms with van der Waals surface area (Å²) in [6.07, 6.45) is 3.45. The van der Waals surface area contributed by atoms with Crippen LogP contribution < -0.4 is 10.9 Å². The van der Waals surface area contributed by atoms with E-state index in [4.69, 9.17) is 16.3 Å². The van der Waals surface area contributed by atoms with Crippen LogP contribution in [-0.4, -0.2) is 27.4 Å². The molecule has 2 heterocycles. The number of pyridine rings is 1. The van der Waals surface area contributed by atoms with Crippen molar-refractivity contribution in [3.8, 4) is 6.07 Å². The van der Waals surface area contributed by atoms with Gasteiger partial charge in [-0.1, -0.05) is 41.9 Å². The number of amides is 1. The number of aromatic nitrogens is 3. The summed E-state index contributed by atoms with van der Waals surface area (Å²) in [5.74, 6) is -0.319. The van der Waals surface area contributed by atoms with E-state index in [9.17, 15) is 14.9 Å². The number of halogens is 1. The Balaban J connectivity index is 1.46. The number of nitriles is 1. The molecule has 0 bridgehead atoms. The highest BCUT2D eigenvalue weighted by Crippen LogP contribution is 2.17. The SMILES string of the molecule is COCc1nn(Cc2ccc(Cn3ccccc3=O)cc2)cc1C(=O)NCc1cc(Cl)ccc1C#N. The molecule has 2 aromatic heterocycles. The number of methoxy groups -OCH3 is 1. The molecule has 1 N–H and O–H groups in total. The Morgan fingerprint density at radius 3 is 2.56 bits per heavy atom. The fourth-order valence-corrected chi connectivity index (χ4v) is 3.98. The fraction of sp³-hybridized carbons (Fsp3) is 0.185. The van der Waals surface area contributed by atoms with Crippen LogP contribution in [0.15, 0.2) is 77.9 Å². The van der Waals surface area contributed by atoms with Gasteiger partial charge in [-0.15, -0.1) is 0 Å². The first-order chi connectivity index (χ1) is 17.5. The summed E-state index contributed by atoms with van der Waals surface area (Å²) in [5, 5.41) is 17.2. The Morgan fingerprint density at radius 2 is 1.86 bits per heavy atom. The molecule has 0 unspecified atom stereocenters. The second kappa shape index (κ2) is 11.5. The second-order valence-corrected chi connectivity index (χ2v) is 8.64. The van der Waals surface area contributed by atoms with Gasteiger partial charge in [0.15, 0.2) is 0 Å². The van der Waals surface area contributed by atoms with Crippen LogP contribution in [0.25, 0.3) is 0 Å². The van der Waals surface area contributed by atoms with Gasteiger partial charge in [0.25, 0.3) is 11.5 Å². The molecule has 0 saturated carbocycles. The van der Waals surface area contributed by atoms with E-state index < -0.39 is 0 Å². The van der Waals surface area contributed by atoms with Crippen molar-refractivity contribution >= 4 is 17.5 Å². The van der Waals surface area contributed by atoms with Gasteiger partial charge in [-0.05, 0) is 41.0 Å². The highest BCUT2D eigenvalue weighted by molar-refractivity contribution is 6.30. The number of rotatable bonds is 9. The fourth-order valence-electron chi connectivity index (χ4n) is 3.79. The average molecular weight is 502 g/mol. The Labute approximate surface area is 213 Å². The Morgan fingerprint density at radius 1 is 1.11 bits per heavy atom. The van der Waals surface area contributed by atoms with E-state index in [1.807, 2.05) is 30.3 Å². The number of carbonyl (C=O) groups excluding carboxylic acids is 1. The first-order valence-corrected chi connectivity index (χ1v) is 11.6. The van der Waals surface area contributed by atoms with Gasteiger partial charge in [0.1, 0.15) is 5.69 Å². The molecule has 9 heteroatoms. The first-order valence-electron chi connectivity index (χ1n) is 11.2. The van der Waals surface area contributed by atoms with Crippen LogP contribution in [0.4, 0.5) is 0 Å². The highest BCUT2D eigenvalue weighted by atomic mass is 35.5. The van der Waals surface area contributed by atoms with Crippen molar-refractivity contribution in [1.29, 1.82) is 5.26 Å². The standard InChI is InChI=1S/C27H24ClN5O3/c1-36-18-25-24(27(35)30-14-22-12-23(28)10-9-21(22)13-29)17-33(31-25)16-20-7-5-19(6-8-20)15-32-11-3-2-4-26(32)34/h2-12,17H,14-16,18H2,1H3,(H,30,35). The van der Waals surface area contributed by atoms with Crippen LogP contribution in [0.2, 0.25) is 5.02 Å². The molecule has 0 aliphatic heterocycles. The summed E-state index contributed by atoms with van der Waals surface area (Å²) in [7, 11) is 1.54. The zero-order valence-corrected chi connectivity index (χ0v) is 20.4. The van der Waals surface area contributed by atoms with Crippen LogP contribution in [0.5, 0.6) is 0 Å². The lowest BCUT2D eigenvalue weighted by Gasteiger charge is -2.07. The molecule has 0 spiro atoms. The molecule has 0 atom stereocenters. The van der Waals surface area contributed by atoms with E-state index in [1.54, 1.807) is 53.0 Å². The highest BCUT2D eigenvalue weighted by Gasteiger charge is 2.17. The topological polar surface area (TPSA) is 102 Å². The van der Waals surface area contributed by atoms with Crippen molar-refractivity contribution in [2.45, 2.75) is 26.2 Å². The van der Waals surface area contributed by atoms with Crippen molar-refractivity contribution in [3.63, 3.8) is 0 Å². The summed E-state index contributed by atoms with van der Waals surface area (Å²) >= 11 is 6.04. The number of carbonyl (C=O) groups is 1.